The molecule has 0 unspecified atom stereocenters. The van der Waals surface area contributed by atoms with Crippen LogP contribution in [0.15, 0.2) is 16.6 Å². The molecule has 3 N–H and O–H groups in total. The molecule has 0 spiro atoms. The molecule has 15 heavy (non-hydrogen) atoms. The fraction of sp³-hybridized carbons (Fsp3) is 0.300. The Kier molecular flexibility index (Phi) is 2.93. The van der Waals surface area contributed by atoms with Crippen LogP contribution in [0, 0.1) is 5.82 Å². The Labute approximate surface area is 101 Å². The van der Waals surface area contributed by atoms with E-state index < -0.39 is 0 Å². The van der Waals surface area contributed by atoms with Crippen molar-refractivity contribution >= 4 is 38.8 Å². The lowest BCUT2D eigenvalue weighted by Gasteiger charge is -2.10. The van der Waals surface area contributed by atoms with Gasteiger partial charge < -0.3 is 11.1 Å². The number of benzene rings is 1. The number of nitrogens with one attached hydrogen (secondary N) is 1. The van der Waals surface area contributed by atoms with Crippen molar-refractivity contribution in [3.8, 4) is 0 Å². The summed E-state index contributed by atoms with van der Waals surface area (Å²) in [5.41, 5.74) is 6.50. The van der Waals surface area contributed by atoms with Crippen molar-refractivity contribution in [1.29, 1.82) is 0 Å². The van der Waals surface area contributed by atoms with Crippen molar-refractivity contribution in [3.63, 3.8) is 0 Å². The lowest BCUT2D eigenvalue weighted by atomic mass is 10.2. The van der Waals surface area contributed by atoms with Crippen molar-refractivity contribution in [1.82, 2.24) is 0 Å². The summed E-state index contributed by atoms with van der Waals surface area (Å²) in [6.07, 6.45) is 2.21. The first kappa shape index (κ1) is 10.8. The molecule has 2 rings (SSSR count). The van der Waals surface area contributed by atoms with E-state index >= 15 is 0 Å². The number of anilines is 1. The topological polar surface area (TPSA) is 38.0 Å². The number of hydrogen-bond donors (Lipinski definition) is 2. The van der Waals surface area contributed by atoms with Crippen LogP contribution in [0.1, 0.15) is 18.4 Å². The highest BCUT2D eigenvalue weighted by molar-refractivity contribution is 9.10. The van der Waals surface area contributed by atoms with Crippen molar-refractivity contribution in [2.24, 2.45) is 5.73 Å². The maximum absolute atomic E-state index is 13.8. The second-order valence-corrected chi connectivity index (χ2v) is 4.80. The molecule has 0 bridgehead atoms. The Morgan fingerprint density at radius 2 is 2.20 bits per heavy atom. The highest BCUT2D eigenvalue weighted by Crippen LogP contribution is 2.31. The van der Waals surface area contributed by atoms with Crippen LogP contribution < -0.4 is 11.1 Å². The third kappa shape index (κ3) is 2.29. The average Bonchev–Trinajstić information content (AvgIpc) is 2.96. The second-order valence-electron chi connectivity index (χ2n) is 3.57. The quantitative estimate of drug-likeness (QED) is 0.840. The smallest absolute Gasteiger partial charge is 0.161 e. The molecule has 5 heteroatoms. The van der Waals surface area contributed by atoms with Gasteiger partial charge in [0.1, 0.15) is 4.99 Å². The number of nitrogens with two attached hydrogens (primary N) is 1. The fourth-order valence-corrected chi connectivity index (χ4v) is 2.16. The molecule has 1 aliphatic carbocycles. The van der Waals surface area contributed by atoms with Crippen LogP contribution >= 0.6 is 28.1 Å². The lowest BCUT2D eigenvalue weighted by molar-refractivity contribution is 0.623. The van der Waals surface area contributed by atoms with Gasteiger partial charge in [-0.3, -0.25) is 0 Å². The molecule has 0 aromatic heterocycles. The van der Waals surface area contributed by atoms with E-state index in [9.17, 15) is 4.39 Å². The molecule has 1 saturated carbocycles. The summed E-state index contributed by atoms with van der Waals surface area (Å²) in [5, 5.41) is 3.10. The van der Waals surface area contributed by atoms with Gasteiger partial charge in [0, 0.05) is 11.6 Å². The van der Waals surface area contributed by atoms with E-state index in [4.69, 9.17) is 18.0 Å². The predicted molar refractivity (Wildman–Crippen MR) is 66.6 cm³/mol. The van der Waals surface area contributed by atoms with E-state index in [2.05, 4.69) is 21.2 Å². The van der Waals surface area contributed by atoms with Gasteiger partial charge in [-0.2, -0.15) is 0 Å². The zero-order chi connectivity index (χ0) is 11.0. The molecule has 1 fully saturated rings. The van der Waals surface area contributed by atoms with Crippen LogP contribution in [-0.2, 0) is 0 Å². The van der Waals surface area contributed by atoms with Crippen molar-refractivity contribution in [2.75, 3.05) is 5.32 Å². The Hall–Kier alpha value is -0.680. The van der Waals surface area contributed by atoms with Crippen molar-refractivity contribution in [2.45, 2.75) is 18.9 Å². The molecule has 1 aromatic rings. The normalized spacial score (nSPS) is 15.1. The van der Waals surface area contributed by atoms with E-state index in [1.807, 2.05) is 0 Å². The molecule has 1 aliphatic rings. The second kappa shape index (κ2) is 4.06. The minimum atomic E-state index is -0.327. The van der Waals surface area contributed by atoms with Gasteiger partial charge in [0.05, 0.1) is 10.2 Å². The average molecular weight is 289 g/mol. The Balaban J connectivity index is 2.34. The van der Waals surface area contributed by atoms with Crippen LogP contribution in [0.4, 0.5) is 10.1 Å². The molecular weight excluding hydrogens is 279 g/mol. The largest absolute Gasteiger partial charge is 0.389 e. The minimum Gasteiger partial charge on any atom is -0.389 e. The summed E-state index contributed by atoms with van der Waals surface area (Å²) in [6, 6.07) is 3.81. The summed E-state index contributed by atoms with van der Waals surface area (Å²) < 4.78 is 14.1. The number of rotatable bonds is 3. The highest BCUT2D eigenvalue weighted by Gasteiger charge is 2.23. The lowest BCUT2D eigenvalue weighted by Crippen LogP contribution is -2.12. The van der Waals surface area contributed by atoms with Gasteiger partial charge in [0.15, 0.2) is 5.82 Å². The van der Waals surface area contributed by atoms with Gasteiger partial charge in [-0.25, -0.2) is 4.39 Å². The molecule has 0 aliphatic heterocycles. The van der Waals surface area contributed by atoms with Crippen LogP contribution in [0.2, 0.25) is 0 Å². The molecule has 80 valence electrons. The SMILES string of the molecule is NC(=S)c1ccc(NC2CC2)c(F)c1Br. The molecule has 0 saturated heterocycles. The van der Waals surface area contributed by atoms with Crippen LogP contribution in [0.25, 0.3) is 0 Å². The van der Waals surface area contributed by atoms with Crippen molar-refractivity contribution in [3.05, 3.63) is 28.0 Å². The van der Waals surface area contributed by atoms with E-state index in [1.165, 1.54) is 0 Å². The summed E-state index contributed by atoms with van der Waals surface area (Å²) in [7, 11) is 0. The third-order valence-corrected chi connectivity index (χ3v) is 3.28. The number of halogens is 2. The van der Waals surface area contributed by atoms with Crippen LogP contribution in [0.5, 0.6) is 0 Å². The zero-order valence-electron chi connectivity index (χ0n) is 7.89. The van der Waals surface area contributed by atoms with E-state index in [0.29, 0.717) is 21.8 Å². The number of hydrogen-bond acceptors (Lipinski definition) is 2. The monoisotopic (exact) mass is 288 g/mol. The molecule has 0 amide bonds. The van der Waals surface area contributed by atoms with E-state index in [-0.39, 0.29) is 10.8 Å². The maximum atomic E-state index is 13.8. The minimum absolute atomic E-state index is 0.193. The zero-order valence-corrected chi connectivity index (χ0v) is 10.3. The number of thiocarbonyl (C=S) groups is 1. The first-order valence-corrected chi connectivity index (χ1v) is 5.84. The third-order valence-electron chi connectivity index (χ3n) is 2.28. The molecule has 1 aromatic carbocycles. The Morgan fingerprint density at radius 3 is 2.73 bits per heavy atom. The standard InChI is InChI=1S/C10H10BrFN2S/c11-8-6(10(13)15)3-4-7(9(8)12)14-5-1-2-5/h3-5,14H,1-2H2,(H2,13,15). The highest BCUT2D eigenvalue weighted by atomic mass is 79.9. The summed E-state index contributed by atoms with van der Waals surface area (Å²) in [6.45, 7) is 0. The molecule has 0 atom stereocenters. The molecule has 2 nitrogen and oxygen atoms in total. The molecular formula is C10H10BrFN2S. The van der Waals surface area contributed by atoms with Crippen LogP contribution in [0.3, 0.4) is 0 Å². The Morgan fingerprint density at radius 1 is 1.53 bits per heavy atom. The van der Waals surface area contributed by atoms with Gasteiger partial charge in [-0.05, 0) is 40.9 Å². The summed E-state index contributed by atoms with van der Waals surface area (Å²) in [5.74, 6) is -0.327. The predicted octanol–water partition coefficient (Wildman–Crippen LogP) is 2.80. The fourth-order valence-electron chi connectivity index (χ4n) is 1.30. The first-order chi connectivity index (χ1) is 7.09. The van der Waals surface area contributed by atoms with Gasteiger partial charge >= 0.3 is 0 Å². The maximum Gasteiger partial charge on any atom is 0.161 e. The van der Waals surface area contributed by atoms with E-state index in [1.54, 1.807) is 12.1 Å². The van der Waals surface area contributed by atoms with Crippen molar-refractivity contribution < 1.29 is 4.39 Å². The first-order valence-electron chi connectivity index (χ1n) is 4.64. The summed E-state index contributed by atoms with van der Waals surface area (Å²) in [4.78, 5) is 0.193. The van der Waals surface area contributed by atoms with E-state index in [0.717, 1.165) is 12.8 Å². The van der Waals surface area contributed by atoms with Gasteiger partial charge in [-0.1, -0.05) is 12.2 Å². The van der Waals surface area contributed by atoms with Gasteiger partial charge in [-0.15, -0.1) is 0 Å². The summed E-state index contributed by atoms with van der Waals surface area (Å²) >= 11 is 7.97. The molecule has 0 radical (unpaired) electrons. The molecule has 0 heterocycles. The Bertz CT molecular complexity index is 418. The van der Waals surface area contributed by atoms with Gasteiger partial charge in [0.25, 0.3) is 0 Å². The van der Waals surface area contributed by atoms with Gasteiger partial charge in [0.2, 0.25) is 0 Å². The van der Waals surface area contributed by atoms with Crippen LogP contribution in [-0.4, -0.2) is 11.0 Å².